The molecule has 0 aromatic carbocycles. The van der Waals surface area contributed by atoms with Gasteiger partial charge in [0.15, 0.2) is 0 Å². The topological polar surface area (TPSA) is 86.9 Å². The number of carbonyl (C=O) groups is 1. The molecular formula is C16H25N3O4. The lowest BCUT2D eigenvalue weighted by Crippen LogP contribution is -2.52. The van der Waals surface area contributed by atoms with E-state index in [1.54, 1.807) is 17.3 Å². The zero-order chi connectivity index (χ0) is 16.9. The smallest absolute Gasteiger partial charge is 0.410 e. The Hall–Kier alpha value is -1.86. The summed E-state index contributed by atoms with van der Waals surface area (Å²) in [5, 5.41) is 0. The van der Waals surface area contributed by atoms with E-state index in [0.717, 1.165) is 5.56 Å². The van der Waals surface area contributed by atoms with Crippen LogP contribution in [0.5, 0.6) is 5.75 Å². The Morgan fingerprint density at radius 3 is 3.00 bits per heavy atom. The van der Waals surface area contributed by atoms with Crippen molar-refractivity contribution in [3.63, 3.8) is 0 Å². The first-order chi connectivity index (χ1) is 10.9. The zero-order valence-corrected chi connectivity index (χ0v) is 13.9. The molecule has 1 saturated heterocycles. The Kier molecular flexibility index (Phi) is 5.79. The number of ether oxygens (including phenoxy) is 3. The molecule has 0 aliphatic carbocycles. The SMILES string of the molecule is CC(C)(C)OC(=O)N1CCOC[C@@H]1COc1cnccc1CN. The molecule has 23 heavy (non-hydrogen) atoms. The van der Waals surface area contributed by atoms with Gasteiger partial charge in [-0.2, -0.15) is 0 Å². The number of aromatic nitrogens is 1. The lowest BCUT2D eigenvalue weighted by atomic mass is 10.2. The number of hydrogen-bond donors (Lipinski definition) is 1. The summed E-state index contributed by atoms with van der Waals surface area (Å²) < 4.78 is 16.7. The van der Waals surface area contributed by atoms with Crippen LogP contribution in [0.2, 0.25) is 0 Å². The fraction of sp³-hybridized carbons (Fsp3) is 0.625. The summed E-state index contributed by atoms with van der Waals surface area (Å²) in [5.41, 5.74) is 6.03. The number of hydrogen-bond acceptors (Lipinski definition) is 6. The highest BCUT2D eigenvalue weighted by Gasteiger charge is 2.31. The van der Waals surface area contributed by atoms with Crippen molar-refractivity contribution in [2.45, 2.75) is 39.0 Å². The van der Waals surface area contributed by atoms with Gasteiger partial charge in [0.1, 0.15) is 18.0 Å². The van der Waals surface area contributed by atoms with Crippen LogP contribution in [0.15, 0.2) is 18.5 Å². The van der Waals surface area contributed by atoms with Crippen LogP contribution in [-0.4, -0.2) is 54.0 Å². The maximum atomic E-state index is 12.3. The number of nitrogens with zero attached hydrogens (tertiary/aromatic N) is 2. The van der Waals surface area contributed by atoms with E-state index in [1.165, 1.54) is 0 Å². The van der Waals surface area contributed by atoms with E-state index in [-0.39, 0.29) is 12.1 Å². The molecule has 7 heteroatoms. The van der Waals surface area contributed by atoms with Crippen LogP contribution in [0.1, 0.15) is 26.3 Å². The summed E-state index contributed by atoms with van der Waals surface area (Å²) in [6.45, 7) is 7.61. The molecular weight excluding hydrogens is 298 g/mol. The fourth-order valence-electron chi connectivity index (χ4n) is 2.25. The Morgan fingerprint density at radius 2 is 2.30 bits per heavy atom. The van der Waals surface area contributed by atoms with Gasteiger partial charge in [0, 0.05) is 24.8 Å². The molecule has 0 spiro atoms. The predicted octanol–water partition coefficient (Wildman–Crippen LogP) is 1.55. The molecule has 0 radical (unpaired) electrons. The number of pyridine rings is 1. The molecule has 0 saturated carbocycles. The van der Waals surface area contributed by atoms with Gasteiger partial charge in [-0.25, -0.2) is 4.79 Å². The number of nitrogens with two attached hydrogens (primary N) is 1. The first kappa shape index (κ1) is 17.5. The Morgan fingerprint density at radius 1 is 1.52 bits per heavy atom. The van der Waals surface area contributed by atoms with Gasteiger partial charge in [-0.15, -0.1) is 0 Å². The summed E-state index contributed by atoms with van der Waals surface area (Å²) in [4.78, 5) is 18.0. The third kappa shape index (κ3) is 5.07. The minimum absolute atomic E-state index is 0.204. The van der Waals surface area contributed by atoms with E-state index in [9.17, 15) is 4.79 Å². The van der Waals surface area contributed by atoms with Crippen molar-refractivity contribution < 1.29 is 19.0 Å². The second-order valence-electron chi connectivity index (χ2n) is 6.40. The lowest BCUT2D eigenvalue weighted by Gasteiger charge is -2.36. The maximum absolute atomic E-state index is 12.3. The highest BCUT2D eigenvalue weighted by molar-refractivity contribution is 5.68. The average Bonchev–Trinajstić information content (AvgIpc) is 2.51. The molecule has 1 amide bonds. The van der Waals surface area contributed by atoms with Crippen molar-refractivity contribution >= 4 is 6.09 Å². The third-order valence-electron chi connectivity index (χ3n) is 3.38. The average molecular weight is 323 g/mol. The van der Waals surface area contributed by atoms with Gasteiger partial charge in [-0.1, -0.05) is 0 Å². The van der Waals surface area contributed by atoms with Gasteiger partial charge in [-0.3, -0.25) is 9.88 Å². The van der Waals surface area contributed by atoms with Crippen LogP contribution in [0.3, 0.4) is 0 Å². The summed E-state index contributed by atoms with van der Waals surface area (Å²) >= 11 is 0. The van der Waals surface area contributed by atoms with Crippen molar-refractivity contribution in [2.75, 3.05) is 26.4 Å². The Balaban J connectivity index is 2.00. The molecule has 2 rings (SSSR count). The largest absolute Gasteiger partial charge is 0.489 e. The molecule has 1 fully saturated rings. The van der Waals surface area contributed by atoms with Crippen LogP contribution in [0, 0.1) is 0 Å². The van der Waals surface area contributed by atoms with E-state index < -0.39 is 5.60 Å². The standard InChI is InChI=1S/C16H25N3O4/c1-16(2,3)23-15(20)19-6-7-21-10-13(19)11-22-14-9-18-5-4-12(14)8-17/h4-5,9,13H,6-8,10-11,17H2,1-3H3/t13-/m1/s1. The quantitative estimate of drug-likeness (QED) is 0.905. The Labute approximate surface area is 136 Å². The zero-order valence-electron chi connectivity index (χ0n) is 13.9. The molecule has 1 aromatic rings. The van der Waals surface area contributed by atoms with E-state index in [4.69, 9.17) is 19.9 Å². The number of carbonyl (C=O) groups excluding carboxylic acids is 1. The first-order valence-electron chi connectivity index (χ1n) is 7.74. The van der Waals surface area contributed by atoms with Crippen LogP contribution in [0.4, 0.5) is 4.79 Å². The monoisotopic (exact) mass is 323 g/mol. The van der Waals surface area contributed by atoms with Crippen LogP contribution in [-0.2, 0) is 16.0 Å². The highest BCUT2D eigenvalue weighted by Crippen LogP contribution is 2.19. The van der Waals surface area contributed by atoms with Gasteiger partial charge in [0.05, 0.1) is 25.5 Å². The van der Waals surface area contributed by atoms with Crippen molar-refractivity contribution in [1.29, 1.82) is 0 Å². The van der Waals surface area contributed by atoms with E-state index >= 15 is 0 Å². The predicted molar refractivity (Wildman–Crippen MR) is 85.2 cm³/mol. The molecule has 1 aliphatic heterocycles. The van der Waals surface area contributed by atoms with Crippen molar-refractivity contribution in [1.82, 2.24) is 9.88 Å². The lowest BCUT2D eigenvalue weighted by molar-refractivity contribution is -0.0419. The van der Waals surface area contributed by atoms with Crippen molar-refractivity contribution in [3.05, 3.63) is 24.0 Å². The van der Waals surface area contributed by atoms with E-state index in [0.29, 0.717) is 38.7 Å². The molecule has 1 aliphatic rings. The molecule has 2 heterocycles. The van der Waals surface area contributed by atoms with Gasteiger partial charge in [0.25, 0.3) is 0 Å². The second kappa shape index (κ2) is 7.61. The first-order valence-corrected chi connectivity index (χ1v) is 7.74. The molecule has 0 unspecified atom stereocenters. The van der Waals surface area contributed by atoms with Gasteiger partial charge in [0.2, 0.25) is 0 Å². The highest BCUT2D eigenvalue weighted by atomic mass is 16.6. The molecule has 0 bridgehead atoms. The van der Waals surface area contributed by atoms with Gasteiger partial charge in [-0.05, 0) is 26.8 Å². The van der Waals surface area contributed by atoms with Gasteiger partial charge < -0.3 is 19.9 Å². The molecule has 1 aromatic heterocycles. The van der Waals surface area contributed by atoms with Gasteiger partial charge >= 0.3 is 6.09 Å². The van der Waals surface area contributed by atoms with Crippen LogP contribution >= 0.6 is 0 Å². The molecule has 128 valence electrons. The summed E-state index contributed by atoms with van der Waals surface area (Å²) in [6, 6.07) is 1.61. The Bertz CT molecular complexity index is 530. The van der Waals surface area contributed by atoms with E-state index in [2.05, 4.69) is 4.98 Å². The molecule has 7 nitrogen and oxygen atoms in total. The van der Waals surface area contributed by atoms with Crippen molar-refractivity contribution in [3.8, 4) is 5.75 Å². The minimum atomic E-state index is -0.531. The summed E-state index contributed by atoms with van der Waals surface area (Å²) in [5.74, 6) is 0.629. The van der Waals surface area contributed by atoms with Crippen molar-refractivity contribution in [2.24, 2.45) is 5.73 Å². The third-order valence-corrected chi connectivity index (χ3v) is 3.38. The normalized spacial score (nSPS) is 18.6. The van der Waals surface area contributed by atoms with E-state index in [1.807, 2.05) is 26.8 Å². The number of rotatable bonds is 4. The van der Waals surface area contributed by atoms with Crippen LogP contribution in [0.25, 0.3) is 0 Å². The molecule has 1 atom stereocenters. The summed E-state index contributed by atoms with van der Waals surface area (Å²) in [7, 11) is 0. The summed E-state index contributed by atoms with van der Waals surface area (Å²) in [6.07, 6.45) is 2.95. The fourth-order valence-corrected chi connectivity index (χ4v) is 2.25. The number of morpholine rings is 1. The maximum Gasteiger partial charge on any atom is 0.410 e. The number of amides is 1. The second-order valence-corrected chi connectivity index (χ2v) is 6.40. The molecule has 2 N–H and O–H groups in total. The van der Waals surface area contributed by atoms with Crippen LogP contribution < -0.4 is 10.5 Å². The minimum Gasteiger partial charge on any atom is -0.489 e.